The van der Waals surface area contributed by atoms with Gasteiger partial charge in [0.25, 0.3) is 0 Å². The lowest BCUT2D eigenvalue weighted by Gasteiger charge is -2.15. The molecule has 0 amide bonds. The molecule has 0 aliphatic rings. The maximum Gasteiger partial charge on any atom is 0.333 e. The van der Waals surface area contributed by atoms with Crippen molar-refractivity contribution in [2.24, 2.45) is 5.92 Å². The Balaban J connectivity index is 2.91. The van der Waals surface area contributed by atoms with Crippen molar-refractivity contribution in [1.29, 1.82) is 0 Å². The number of para-hydroxylation sites is 1. The van der Waals surface area contributed by atoms with Crippen LogP contribution in [0, 0.1) is 16.0 Å². The lowest BCUT2D eigenvalue weighted by atomic mass is 10.0. The zero-order valence-electron chi connectivity index (χ0n) is 12.5. The van der Waals surface area contributed by atoms with Crippen molar-refractivity contribution in [3.63, 3.8) is 0 Å². The minimum Gasteiger partial charge on any atom is -0.487 e. The smallest absolute Gasteiger partial charge is 0.333 e. The second-order valence-electron chi connectivity index (χ2n) is 4.82. The van der Waals surface area contributed by atoms with E-state index in [0.717, 1.165) is 25.8 Å². The molecule has 1 N–H and O–H groups in total. The number of nitro groups is 1. The van der Waals surface area contributed by atoms with Crippen molar-refractivity contribution in [1.82, 2.24) is 0 Å². The molecule has 0 saturated carbocycles. The van der Waals surface area contributed by atoms with E-state index in [0.29, 0.717) is 24.0 Å². The molecule has 20 heavy (non-hydrogen) atoms. The predicted octanol–water partition coefficient (Wildman–Crippen LogP) is 4.23. The van der Waals surface area contributed by atoms with Gasteiger partial charge in [0.15, 0.2) is 5.75 Å². The quantitative estimate of drug-likeness (QED) is 0.543. The molecule has 5 heteroatoms. The third kappa shape index (κ3) is 4.40. The number of anilines is 1. The monoisotopic (exact) mass is 280 g/mol. The molecule has 1 aromatic carbocycles. The molecule has 1 rings (SSSR count). The molecule has 0 spiro atoms. The number of nitrogens with one attached hydrogen (secondary N) is 1. The van der Waals surface area contributed by atoms with Gasteiger partial charge in [-0.3, -0.25) is 10.1 Å². The molecular formula is C15H24N2O3. The molecule has 0 heterocycles. The summed E-state index contributed by atoms with van der Waals surface area (Å²) in [5, 5.41) is 14.5. The normalized spacial score (nSPS) is 10.6. The van der Waals surface area contributed by atoms with Gasteiger partial charge in [-0.25, -0.2) is 0 Å². The summed E-state index contributed by atoms with van der Waals surface area (Å²) in [5.41, 5.74) is 0.572. The van der Waals surface area contributed by atoms with Crippen molar-refractivity contribution in [2.75, 3.05) is 18.5 Å². The molecule has 1 aromatic rings. The summed E-state index contributed by atoms with van der Waals surface area (Å²) in [6.45, 7) is 7.46. The van der Waals surface area contributed by atoms with Gasteiger partial charge in [0.1, 0.15) is 5.69 Å². The number of hydrogen-bond acceptors (Lipinski definition) is 4. The van der Waals surface area contributed by atoms with E-state index in [1.54, 1.807) is 18.2 Å². The SMILES string of the molecule is CCCOc1cccc(NCC(CC)CC)c1[N+](=O)[O-]. The standard InChI is InChI=1S/C15H24N2O3/c1-4-10-20-14-9-7-8-13(15(14)17(18)19)16-11-12(5-2)6-3/h7-9,12,16H,4-6,10-11H2,1-3H3. The molecule has 0 saturated heterocycles. The first-order chi connectivity index (χ1) is 9.63. The lowest BCUT2D eigenvalue weighted by Crippen LogP contribution is -2.14. The number of nitrogens with zero attached hydrogens (tertiary/aromatic N) is 1. The highest BCUT2D eigenvalue weighted by molar-refractivity contribution is 5.68. The van der Waals surface area contributed by atoms with Gasteiger partial charge in [-0.1, -0.05) is 39.7 Å². The Bertz CT molecular complexity index is 431. The van der Waals surface area contributed by atoms with Gasteiger partial charge >= 0.3 is 5.69 Å². The lowest BCUT2D eigenvalue weighted by molar-refractivity contribution is -0.385. The topological polar surface area (TPSA) is 64.4 Å². The maximum atomic E-state index is 11.3. The zero-order valence-corrected chi connectivity index (χ0v) is 12.5. The molecule has 0 unspecified atom stereocenters. The van der Waals surface area contributed by atoms with Gasteiger partial charge in [-0.2, -0.15) is 0 Å². The minimum atomic E-state index is -0.375. The van der Waals surface area contributed by atoms with Crippen molar-refractivity contribution in [3.8, 4) is 5.75 Å². The van der Waals surface area contributed by atoms with E-state index in [1.165, 1.54) is 0 Å². The first-order valence-electron chi connectivity index (χ1n) is 7.28. The largest absolute Gasteiger partial charge is 0.487 e. The average molecular weight is 280 g/mol. The Morgan fingerprint density at radius 2 is 2.00 bits per heavy atom. The summed E-state index contributed by atoms with van der Waals surface area (Å²) >= 11 is 0. The van der Waals surface area contributed by atoms with Crippen LogP contribution in [0.4, 0.5) is 11.4 Å². The van der Waals surface area contributed by atoms with Crippen LogP contribution in [0.25, 0.3) is 0 Å². The highest BCUT2D eigenvalue weighted by Gasteiger charge is 2.21. The van der Waals surface area contributed by atoms with Crippen LogP contribution in [0.3, 0.4) is 0 Å². The molecule has 0 fully saturated rings. The van der Waals surface area contributed by atoms with Crippen LogP contribution in [-0.2, 0) is 0 Å². The van der Waals surface area contributed by atoms with E-state index in [2.05, 4.69) is 19.2 Å². The molecule has 0 atom stereocenters. The van der Waals surface area contributed by atoms with Gasteiger partial charge in [-0.15, -0.1) is 0 Å². The second-order valence-corrected chi connectivity index (χ2v) is 4.82. The molecule has 112 valence electrons. The van der Waals surface area contributed by atoms with Crippen LogP contribution in [0.2, 0.25) is 0 Å². The molecular weight excluding hydrogens is 256 g/mol. The highest BCUT2D eigenvalue weighted by Crippen LogP contribution is 2.35. The summed E-state index contributed by atoms with van der Waals surface area (Å²) < 4.78 is 5.47. The van der Waals surface area contributed by atoms with Gasteiger partial charge in [0.05, 0.1) is 11.5 Å². The number of rotatable bonds is 9. The fraction of sp³-hybridized carbons (Fsp3) is 0.600. The van der Waals surface area contributed by atoms with Crippen LogP contribution in [0.1, 0.15) is 40.0 Å². The Morgan fingerprint density at radius 1 is 1.30 bits per heavy atom. The number of benzene rings is 1. The second kappa shape index (κ2) is 8.40. The molecule has 0 aliphatic carbocycles. The predicted molar refractivity (Wildman–Crippen MR) is 81.4 cm³/mol. The summed E-state index contributed by atoms with van der Waals surface area (Å²) in [6.07, 6.45) is 2.94. The van der Waals surface area contributed by atoms with E-state index in [9.17, 15) is 10.1 Å². The van der Waals surface area contributed by atoms with Crippen LogP contribution < -0.4 is 10.1 Å². The van der Waals surface area contributed by atoms with Crippen LogP contribution in [0.5, 0.6) is 5.75 Å². The first kappa shape index (κ1) is 16.3. The molecule has 0 radical (unpaired) electrons. The van der Waals surface area contributed by atoms with E-state index in [1.807, 2.05) is 6.92 Å². The average Bonchev–Trinajstić information content (AvgIpc) is 2.45. The van der Waals surface area contributed by atoms with Gasteiger partial charge in [0, 0.05) is 6.54 Å². The highest BCUT2D eigenvalue weighted by atomic mass is 16.6. The fourth-order valence-electron chi connectivity index (χ4n) is 2.01. The zero-order chi connectivity index (χ0) is 15.0. The fourth-order valence-corrected chi connectivity index (χ4v) is 2.01. The summed E-state index contributed by atoms with van der Waals surface area (Å²) in [5.74, 6) is 0.862. The summed E-state index contributed by atoms with van der Waals surface area (Å²) in [4.78, 5) is 10.9. The Kier molecular flexibility index (Phi) is 6.84. The molecule has 0 aliphatic heterocycles. The Hall–Kier alpha value is -1.78. The van der Waals surface area contributed by atoms with Gasteiger partial charge < -0.3 is 10.1 Å². The maximum absolute atomic E-state index is 11.3. The third-order valence-electron chi connectivity index (χ3n) is 3.38. The molecule has 0 bridgehead atoms. The van der Waals surface area contributed by atoms with Crippen LogP contribution in [-0.4, -0.2) is 18.1 Å². The van der Waals surface area contributed by atoms with Gasteiger partial charge in [-0.05, 0) is 24.5 Å². The molecule has 5 nitrogen and oxygen atoms in total. The van der Waals surface area contributed by atoms with Crippen LogP contribution >= 0.6 is 0 Å². The minimum absolute atomic E-state index is 0.0342. The number of hydrogen-bond donors (Lipinski definition) is 1. The van der Waals surface area contributed by atoms with Gasteiger partial charge in [0.2, 0.25) is 0 Å². The van der Waals surface area contributed by atoms with E-state index >= 15 is 0 Å². The third-order valence-corrected chi connectivity index (χ3v) is 3.38. The first-order valence-corrected chi connectivity index (χ1v) is 7.28. The number of nitro benzene ring substituents is 1. The van der Waals surface area contributed by atoms with E-state index in [-0.39, 0.29) is 10.6 Å². The van der Waals surface area contributed by atoms with Crippen LogP contribution in [0.15, 0.2) is 18.2 Å². The van der Waals surface area contributed by atoms with E-state index < -0.39 is 0 Å². The summed E-state index contributed by atoms with van der Waals surface area (Å²) in [6, 6.07) is 5.17. The number of ether oxygens (including phenoxy) is 1. The summed E-state index contributed by atoms with van der Waals surface area (Å²) in [7, 11) is 0. The van der Waals surface area contributed by atoms with Crippen molar-refractivity contribution >= 4 is 11.4 Å². The Morgan fingerprint density at radius 3 is 2.55 bits per heavy atom. The Labute approximate surface area is 120 Å². The van der Waals surface area contributed by atoms with Crippen molar-refractivity contribution in [2.45, 2.75) is 40.0 Å². The van der Waals surface area contributed by atoms with E-state index in [4.69, 9.17) is 4.74 Å². The van der Waals surface area contributed by atoms with Crippen molar-refractivity contribution < 1.29 is 9.66 Å². The molecule has 0 aromatic heterocycles. The van der Waals surface area contributed by atoms with Crippen molar-refractivity contribution in [3.05, 3.63) is 28.3 Å².